The van der Waals surface area contributed by atoms with Crippen molar-refractivity contribution in [1.29, 1.82) is 0 Å². The lowest BCUT2D eigenvalue weighted by molar-refractivity contribution is 0.558. The van der Waals surface area contributed by atoms with Gasteiger partial charge in [0.1, 0.15) is 23.9 Å². The van der Waals surface area contributed by atoms with Crippen molar-refractivity contribution in [2.24, 2.45) is 0 Å². The lowest BCUT2D eigenvalue weighted by atomic mass is 9.84. The maximum Gasteiger partial charge on any atom is 0.181 e. The van der Waals surface area contributed by atoms with Gasteiger partial charge in [0.15, 0.2) is 12.8 Å². The highest BCUT2D eigenvalue weighted by molar-refractivity contribution is 6.22. The van der Waals surface area contributed by atoms with Crippen LogP contribution in [-0.4, -0.2) is 19.9 Å². The fraction of sp³-hybridized carbons (Fsp3) is 0. The summed E-state index contributed by atoms with van der Waals surface area (Å²) in [6.45, 7) is 0. The summed E-state index contributed by atoms with van der Waals surface area (Å²) in [6.07, 6.45) is 13.7. The lowest BCUT2D eigenvalue weighted by Gasteiger charge is -2.19. The molecule has 0 aliphatic rings. The summed E-state index contributed by atoms with van der Waals surface area (Å²) in [5.74, 6) is 0. The first-order valence-corrected chi connectivity index (χ1v) is 17.7. The zero-order chi connectivity index (χ0) is 35.8. The molecule has 10 rings (SSSR count). The van der Waals surface area contributed by atoms with E-state index in [9.17, 15) is 0 Å². The molecule has 0 spiro atoms. The Hall–Kier alpha value is -7.44. The molecule has 6 nitrogen and oxygen atoms in total. The molecule has 0 N–H and O–H groups in total. The van der Waals surface area contributed by atoms with Crippen LogP contribution in [0, 0.1) is 0 Å². The van der Waals surface area contributed by atoms with Gasteiger partial charge < -0.3 is 8.83 Å². The van der Waals surface area contributed by atoms with Gasteiger partial charge in [-0.1, -0.05) is 97.1 Å². The minimum atomic E-state index is 0.734. The molecule has 0 amide bonds. The number of rotatable bonds is 7. The first-order chi connectivity index (χ1) is 26.8. The van der Waals surface area contributed by atoms with Crippen LogP contribution in [0.2, 0.25) is 0 Å². The van der Waals surface area contributed by atoms with E-state index >= 15 is 0 Å². The largest absolute Gasteiger partial charge is 0.451 e. The van der Waals surface area contributed by atoms with Crippen LogP contribution >= 0.6 is 0 Å². The molecule has 0 atom stereocenters. The van der Waals surface area contributed by atoms with Crippen LogP contribution in [0.15, 0.2) is 192 Å². The molecular weight excluding hydrogens is 665 g/mol. The Labute approximate surface area is 311 Å². The maximum atomic E-state index is 5.35. The number of benzene rings is 6. The first-order valence-electron chi connectivity index (χ1n) is 17.7. The fourth-order valence-electron chi connectivity index (χ4n) is 7.51. The van der Waals surface area contributed by atoms with Gasteiger partial charge in [-0.3, -0.25) is 9.97 Å². The Morgan fingerprint density at radius 1 is 0.315 bits per heavy atom. The van der Waals surface area contributed by atoms with Crippen molar-refractivity contribution in [3.63, 3.8) is 0 Å². The second kappa shape index (κ2) is 13.3. The zero-order valence-corrected chi connectivity index (χ0v) is 28.9. The molecule has 6 heteroatoms. The Kier molecular flexibility index (Phi) is 7.69. The zero-order valence-electron chi connectivity index (χ0n) is 28.9. The smallest absolute Gasteiger partial charge is 0.181 e. The van der Waals surface area contributed by atoms with Gasteiger partial charge in [0.05, 0.1) is 0 Å². The molecule has 54 heavy (non-hydrogen) atoms. The van der Waals surface area contributed by atoms with Crippen LogP contribution in [0.5, 0.6) is 0 Å². The highest BCUT2D eigenvalue weighted by Crippen LogP contribution is 2.46. The topological polar surface area (TPSA) is 77.8 Å². The molecule has 0 fully saturated rings. The summed E-state index contributed by atoms with van der Waals surface area (Å²) in [7, 11) is 0. The average molecular weight is 695 g/mol. The molecule has 0 aliphatic heterocycles. The molecule has 4 heterocycles. The molecule has 0 saturated heterocycles. The Bertz CT molecular complexity index is 2860. The standard InChI is InChI=1S/C48H30N4O2/c1-3-9-31(10-4-1)34-17-35(32-11-5-2-6-12-32)19-36(18-34)33-15-16-43-44(22-33)48(40-21-38(24-50-26-40)46-28-54-30-52-46)42-14-8-7-13-41(42)47(43)39-20-37(23-49-25-39)45-27-53-29-51-45/h1-30H. The van der Waals surface area contributed by atoms with E-state index in [4.69, 9.17) is 13.8 Å². The Balaban J connectivity index is 1.27. The van der Waals surface area contributed by atoms with E-state index in [0.29, 0.717) is 0 Å². The van der Waals surface area contributed by atoms with Crippen molar-refractivity contribution in [2.75, 3.05) is 0 Å². The number of nitrogens with zero attached hydrogens (tertiary/aromatic N) is 4. The van der Waals surface area contributed by atoms with Crippen LogP contribution < -0.4 is 0 Å². The molecule has 10 aromatic rings. The van der Waals surface area contributed by atoms with Crippen molar-refractivity contribution >= 4 is 21.5 Å². The average Bonchev–Trinajstić information content (AvgIpc) is 4.00. The minimum Gasteiger partial charge on any atom is -0.451 e. The van der Waals surface area contributed by atoms with Gasteiger partial charge in [-0.25, -0.2) is 9.97 Å². The van der Waals surface area contributed by atoms with E-state index in [0.717, 1.165) is 88.6 Å². The summed E-state index contributed by atoms with van der Waals surface area (Å²) in [6, 6.07) is 47.7. The van der Waals surface area contributed by atoms with Gasteiger partial charge in [-0.2, -0.15) is 0 Å². The molecule has 0 unspecified atom stereocenters. The third kappa shape index (κ3) is 5.63. The van der Waals surface area contributed by atoms with Gasteiger partial charge in [0, 0.05) is 47.0 Å². The highest BCUT2D eigenvalue weighted by Gasteiger charge is 2.20. The predicted molar refractivity (Wildman–Crippen MR) is 215 cm³/mol. The van der Waals surface area contributed by atoms with E-state index in [1.54, 1.807) is 12.5 Å². The molecule has 0 bridgehead atoms. The summed E-state index contributed by atoms with van der Waals surface area (Å²) in [5, 5.41) is 4.40. The van der Waals surface area contributed by atoms with Crippen LogP contribution in [0.1, 0.15) is 0 Å². The molecule has 6 aromatic carbocycles. The van der Waals surface area contributed by atoms with Gasteiger partial charge >= 0.3 is 0 Å². The monoisotopic (exact) mass is 694 g/mol. The highest BCUT2D eigenvalue weighted by atomic mass is 16.3. The van der Waals surface area contributed by atoms with Crippen molar-refractivity contribution in [2.45, 2.75) is 0 Å². The summed E-state index contributed by atoms with van der Waals surface area (Å²) >= 11 is 0. The summed E-state index contributed by atoms with van der Waals surface area (Å²) in [5.41, 5.74) is 14.3. The summed E-state index contributed by atoms with van der Waals surface area (Å²) < 4.78 is 10.7. The van der Waals surface area contributed by atoms with Crippen molar-refractivity contribution in [3.8, 4) is 78.1 Å². The van der Waals surface area contributed by atoms with Crippen LogP contribution in [0.4, 0.5) is 0 Å². The SMILES string of the molecule is c1ccc(-c2cc(-c3ccccc3)cc(-c3ccc4c(-c5cncc(-c6cocn6)c5)c5ccccc5c(-c5cncc(-c6cocn6)c5)c4c3)c2)cc1. The van der Waals surface area contributed by atoms with Gasteiger partial charge in [-0.05, 0) is 102 Å². The van der Waals surface area contributed by atoms with E-state index in [2.05, 4.69) is 148 Å². The second-order valence-electron chi connectivity index (χ2n) is 13.3. The van der Waals surface area contributed by atoms with Crippen LogP contribution in [-0.2, 0) is 0 Å². The predicted octanol–water partition coefficient (Wildman–Crippen LogP) is 12.4. The van der Waals surface area contributed by atoms with Gasteiger partial charge in [0.2, 0.25) is 0 Å². The number of hydrogen-bond donors (Lipinski definition) is 0. The molecule has 0 aliphatic carbocycles. The summed E-state index contributed by atoms with van der Waals surface area (Å²) in [4.78, 5) is 18.2. The van der Waals surface area contributed by atoms with Gasteiger partial charge in [0.25, 0.3) is 0 Å². The van der Waals surface area contributed by atoms with Crippen molar-refractivity contribution in [1.82, 2.24) is 19.9 Å². The number of pyridine rings is 2. The number of oxazole rings is 2. The van der Waals surface area contributed by atoms with Gasteiger partial charge in [-0.15, -0.1) is 0 Å². The second-order valence-corrected chi connectivity index (χ2v) is 13.3. The van der Waals surface area contributed by atoms with E-state index in [-0.39, 0.29) is 0 Å². The molecule has 254 valence electrons. The fourth-order valence-corrected chi connectivity index (χ4v) is 7.51. The first kappa shape index (κ1) is 31.3. The van der Waals surface area contributed by atoms with Crippen molar-refractivity contribution in [3.05, 3.63) is 184 Å². The number of hydrogen-bond acceptors (Lipinski definition) is 6. The van der Waals surface area contributed by atoms with E-state index < -0.39 is 0 Å². The lowest BCUT2D eigenvalue weighted by Crippen LogP contribution is -1.94. The molecule has 0 radical (unpaired) electrons. The quantitative estimate of drug-likeness (QED) is 0.155. The number of aromatic nitrogens is 4. The minimum absolute atomic E-state index is 0.734. The molecule has 4 aromatic heterocycles. The normalized spacial score (nSPS) is 11.3. The number of fused-ring (bicyclic) bond motifs is 2. The van der Waals surface area contributed by atoms with E-state index in [1.807, 2.05) is 24.8 Å². The van der Waals surface area contributed by atoms with E-state index in [1.165, 1.54) is 23.9 Å². The van der Waals surface area contributed by atoms with Crippen LogP contribution in [0.25, 0.3) is 99.7 Å². The third-order valence-corrected chi connectivity index (χ3v) is 10.0. The Morgan fingerprint density at radius 2 is 0.741 bits per heavy atom. The molecule has 0 saturated carbocycles. The maximum absolute atomic E-state index is 5.35. The van der Waals surface area contributed by atoms with Crippen LogP contribution in [0.3, 0.4) is 0 Å². The molecular formula is C48H30N4O2. The Morgan fingerprint density at radius 3 is 1.24 bits per heavy atom. The third-order valence-electron chi connectivity index (χ3n) is 10.0. The van der Waals surface area contributed by atoms with Crippen molar-refractivity contribution < 1.29 is 8.83 Å².